The van der Waals surface area contributed by atoms with E-state index in [1.165, 1.54) is 37.0 Å². The quantitative estimate of drug-likeness (QED) is 0.820. The fourth-order valence-electron chi connectivity index (χ4n) is 2.51. The highest BCUT2D eigenvalue weighted by Gasteiger charge is 2.14. The molecule has 1 fully saturated rings. The number of nitrogens with one attached hydrogen (secondary N) is 2. The molecule has 2 rings (SSSR count). The van der Waals surface area contributed by atoms with Crippen molar-refractivity contribution >= 4 is 23.2 Å². The van der Waals surface area contributed by atoms with Crippen molar-refractivity contribution in [1.29, 1.82) is 0 Å². The molecular weight excluding hydrogens is 272 g/mol. The van der Waals surface area contributed by atoms with Crippen molar-refractivity contribution in [3.8, 4) is 0 Å². The number of rotatable bonds is 5. The van der Waals surface area contributed by atoms with Gasteiger partial charge in [-0.15, -0.1) is 11.3 Å². The fraction of sp³-hybridized carbons (Fsp3) is 0.600. The third-order valence-electron chi connectivity index (χ3n) is 3.60. The molecule has 0 radical (unpaired) electrons. The molecular formula is C15H22N2O2S. The predicted octanol–water partition coefficient (Wildman–Crippen LogP) is 2.71. The van der Waals surface area contributed by atoms with E-state index in [2.05, 4.69) is 10.6 Å². The average Bonchev–Trinajstić information content (AvgIpc) is 2.85. The minimum atomic E-state index is -0.0951. The van der Waals surface area contributed by atoms with Gasteiger partial charge in [0.05, 0.1) is 4.88 Å². The molecule has 1 saturated carbocycles. The van der Waals surface area contributed by atoms with Gasteiger partial charge in [0.25, 0.3) is 5.91 Å². The molecule has 0 unspecified atom stereocenters. The summed E-state index contributed by atoms with van der Waals surface area (Å²) in [6.07, 6.45) is 7.51. The smallest absolute Gasteiger partial charge is 0.261 e. The van der Waals surface area contributed by atoms with Crippen molar-refractivity contribution in [3.05, 3.63) is 22.4 Å². The molecule has 0 saturated heterocycles. The van der Waals surface area contributed by atoms with E-state index in [4.69, 9.17) is 0 Å². The van der Waals surface area contributed by atoms with E-state index in [1.807, 2.05) is 11.4 Å². The van der Waals surface area contributed by atoms with Crippen LogP contribution in [0, 0.1) is 0 Å². The van der Waals surface area contributed by atoms with Crippen molar-refractivity contribution in [2.24, 2.45) is 0 Å². The third kappa shape index (κ3) is 4.96. The Hall–Kier alpha value is -1.36. The first-order chi connectivity index (χ1) is 9.75. The summed E-state index contributed by atoms with van der Waals surface area (Å²) in [6.45, 7) is 0.398. The second kappa shape index (κ2) is 8.04. The maximum Gasteiger partial charge on any atom is 0.261 e. The molecule has 110 valence electrons. The molecule has 20 heavy (non-hydrogen) atoms. The van der Waals surface area contributed by atoms with Crippen LogP contribution in [-0.2, 0) is 4.79 Å². The van der Waals surface area contributed by atoms with Crippen LogP contribution in [0.15, 0.2) is 17.5 Å². The van der Waals surface area contributed by atoms with E-state index in [0.29, 0.717) is 23.9 Å². The molecule has 4 nitrogen and oxygen atoms in total. The molecule has 1 aliphatic carbocycles. The van der Waals surface area contributed by atoms with Crippen LogP contribution in [0.2, 0.25) is 0 Å². The van der Waals surface area contributed by atoms with E-state index in [-0.39, 0.29) is 11.8 Å². The first-order valence-corrected chi connectivity index (χ1v) is 8.25. The Balaban J connectivity index is 1.63. The van der Waals surface area contributed by atoms with E-state index in [9.17, 15) is 9.59 Å². The lowest BCUT2D eigenvalue weighted by atomic mass is 10.1. The lowest BCUT2D eigenvalue weighted by molar-refractivity contribution is -0.121. The molecule has 5 heteroatoms. The standard InChI is InChI=1S/C15H22N2O2S/c18-14(17-12-6-3-1-2-4-7-12)9-10-16-15(19)13-8-5-11-20-13/h5,8,11-12H,1-4,6-7,9-10H2,(H,16,19)(H,17,18). The van der Waals surface area contributed by atoms with Gasteiger partial charge in [-0.3, -0.25) is 9.59 Å². The van der Waals surface area contributed by atoms with Crippen molar-refractivity contribution in [1.82, 2.24) is 10.6 Å². The number of carbonyl (C=O) groups is 2. The first kappa shape index (κ1) is 15.0. The number of hydrogen-bond donors (Lipinski definition) is 2. The van der Waals surface area contributed by atoms with Gasteiger partial charge in [0.2, 0.25) is 5.91 Å². The van der Waals surface area contributed by atoms with E-state index >= 15 is 0 Å². The maximum atomic E-state index is 11.8. The van der Waals surface area contributed by atoms with Crippen LogP contribution in [0.25, 0.3) is 0 Å². The van der Waals surface area contributed by atoms with Gasteiger partial charge in [0.1, 0.15) is 0 Å². The van der Waals surface area contributed by atoms with E-state index in [1.54, 1.807) is 6.07 Å². The molecule has 1 aromatic heterocycles. The molecule has 1 aliphatic rings. The van der Waals surface area contributed by atoms with Gasteiger partial charge < -0.3 is 10.6 Å². The van der Waals surface area contributed by atoms with Gasteiger partial charge >= 0.3 is 0 Å². The normalized spacial score (nSPS) is 16.4. The van der Waals surface area contributed by atoms with Crippen LogP contribution in [0.4, 0.5) is 0 Å². The SMILES string of the molecule is O=C(CCNC(=O)c1cccs1)NC1CCCCCC1. The largest absolute Gasteiger partial charge is 0.353 e. The van der Waals surface area contributed by atoms with Crippen molar-refractivity contribution in [3.63, 3.8) is 0 Å². The molecule has 0 aliphatic heterocycles. The lowest BCUT2D eigenvalue weighted by Crippen LogP contribution is -2.36. The minimum Gasteiger partial charge on any atom is -0.353 e. The Kier molecular flexibility index (Phi) is 6.05. The molecule has 0 atom stereocenters. The molecule has 1 heterocycles. The fourth-order valence-corrected chi connectivity index (χ4v) is 3.15. The van der Waals surface area contributed by atoms with Gasteiger partial charge in [0.15, 0.2) is 0 Å². The van der Waals surface area contributed by atoms with Crippen LogP contribution >= 0.6 is 11.3 Å². The van der Waals surface area contributed by atoms with Gasteiger partial charge in [-0.05, 0) is 24.3 Å². The van der Waals surface area contributed by atoms with E-state index in [0.717, 1.165) is 12.8 Å². The van der Waals surface area contributed by atoms with Crippen molar-refractivity contribution in [2.45, 2.75) is 51.0 Å². The summed E-state index contributed by atoms with van der Waals surface area (Å²) in [7, 11) is 0. The van der Waals surface area contributed by atoms with Gasteiger partial charge in [0, 0.05) is 19.0 Å². The maximum absolute atomic E-state index is 11.8. The van der Waals surface area contributed by atoms with Crippen LogP contribution in [0.1, 0.15) is 54.6 Å². The van der Waals surface area contributed by atoms with Gasteiger partial charge in [-0.1, -0.05) is 31.7 Å². The summed E-state index contributed by atoms with van der Waals surface area (Å²) in [5.74, 6) is -0.0503. The zero-order valence-corrected chi connectivity index (χ0v) is 12.5. The van der Waals surface area contributed by atoms with Crippen molar-refractivity contribution < 1.29 is 9.59 Å². The van der Waals surface area contributed by atoms with Crippen LogP contribution < -0.4 is 10.6 Å². The van der Waals surface area contributed by atoms with Gasteiger partial charge in [-0.2, -0.15) is 0 Å². The Morgan fingerprint density at radius 2 is 1.95 bits per heavy atom. The van der Waals surface area contributed by atoms with Crippen LogP contribution in [0.3, 0.4) is 0 Å². The van der Waals surface area contributed by atoms with Gasteiger partial charge in [-0.25, -0.2) is 0 Å². The third-order valence-corrected chi connectivity index (χ3v) is 4.47. The predicted molar refractivity (Wildman–Crippen MR) is 80.9 cm³/mol. The molecule has 1 aromatic rings. The summed E-state index contributed by atoms with van der Waals surface area (Å²) < 4.78 is 0. The van der Waals surface area contributed by atoms with E-state index < -0.39 is 0 Å². The Bertz CT molecular complexity index is 423. The zero-order valence-electron chi connectivity index (χ0n) is 11.7. The number of carbonyl (C=O) groups excluding carboxylic acids is 2. The number of hydrogen-bond acceptors (Lipinski definition) is 3. The highest BCUT2D eigenvalue weighted by atomic mass is 32.1. The summed E-state index contributed by atoms with van der Waals surface area (Å²) in [5, 5.41) is 7.72. The minimum absolute atomic E-state index is 0.0448. The Morgan fingerprint density at radius 3 is 2.60 bits per heavy atom. The summed E-state index contributed by atoms with van der Waals surface area (Å²) in [4.78, 5) is 24.2. The molecule has 0 bridgehead atoms. The van der Waals surface area contributed by atoms with Crippen molar-refractivity contribution in [2.75, 3.05) is 6.54 Å². The molecule has 0 aromatic carbocycles. The van der Waals surface area contributed by atoms with Crippen LogP contribution in [-0.4, -0.2) is 24.4 Å². The summed E-state index contributed by atoms with van der Waals surface area (Å²) >= 11 is 1.41. The second-order valence-electron chi connectivity index (χ2n) is 5.24. The average molecular weight is 294 g/mol. The number of amides is 2. The summed E-state index contributed by atoms with van der Waals surface area (Å²) in [6, 6.07) is 3.96. The highest BCUT2D eigenvalue weighted by Crippen LogP contribution is 2.17. The van der Waals surface area contributed by atoms with Crippen LogP contribution in [0.5, 0.6) is 0 Å². The summed E-state index contributed by atoms with van der Waals surface area (Å²) in [5.41, 5.74) is 0. The molecule has 2 N–H and O–H groups in total. The second-order valence-corrected chi connectivity index (χ2v) is 6.19. The zero-order chi connectivity index (χ0) is 14.2. The lowest BCUT2D eigenvalue weighted by Gasteiger charge is -2.16. The topological polar surface area (TPSA) is 58.2 Å². The molecule has 2 amide bonds. The Morgan fingerprint density at radius 1 is 1.20 bits per heavy atom. The number of thiophene rings is 1. The Labute approximate surface area is 124 Å². The highest BCUT2D eigenvalue weighted by molar-refractivity contribution is 7.12. The first-order valence-electron chi connectivity index (χ1n) is 7.37. The monoisotopic (exact) mass is 294 g/mol. The molecule has 0 spiro atoms.